The zero-order chi connectivity index (χ0) is 13.8. The van der Waals surface area contributed by atoms with Crippen LogP contribution in [-0.2, 0) is 6.54 Å². The molecular formula is C16H27N3S. The van der Waals surface area contributed by atoms with Gasteiger partial charge in [0.05, 0.1) is 0 Å². The zero-order valence-electron chi connectivity index (χ0n) is 12.6. The summed E-state index contributed by atoms with van der Waals surface area (Å²) >= 11 is 1.84. The highest BCUT2D eigenvalue weighted by atomic mass is 32.1. The topological polar surface area (TPSA) is 18.5 Å². The molecule has 2 atom stereocenters. The van der Waals surface area contributed by atoms with Crippen molar-refractivity contribution in [2.75, 3.05) is 32.7 Å². The summed E-state index contributed by atoms with van der Waals surface area (Å²) in [5, 5.41) is 5.77. The highest BCUT2D eigenvalue weighted by molar-refractivity contribution is 7.09. The molecule has 112 valence electrons. The van der Waals surface area contributed by atoms with Crippen LogP contribution in [0, 0.1) is 0 Å². The summed E-state index contributed by atoms with van der Waals surface area (Å²) in [4.78, 5) is 6.84. The lowest BCUT2D eigenvalue weighted by Gasteiger charge is -2.46. The molecule has 1 aromatic rings. The number of thiophene rings is 1. The summed E-state index contributed by atoms with van der Waals surface area (Å²) < 4.78 is 0. The van der Waals surface area contributed by atoms with Crippen LogP contribution in [-0.4, -0.2) is 54.6 Å². The van der Waals surface area contributed by atoms with E-state index < -0.39 is 0 Å². The molecule has 3 rings (SSSR count). The first-order valence-corrected chi connectivity index (χ1v) is 8.92. The van der Waals surface area contributed by atoms with Gasteiger partial charge in [0.2, 0.25) is 0 Å². The molecule has 2 aliphatic heterocycles. The molecule has 4 heteroatoms. The van der Waals surface area contributed by atoms with Crippen molar-refractivity contribution in [1.29, 1.82) is 0 Å². The van der Waals surface area contributed by atoms with Gasteiger partial charge in [0.25, 0.3) is 0 Å². The summed E-state index contributed by atoms with van der Waals surface area (Å²) in [6.07, 6.45) is 4.25. The average molecular weight is 293 g/mol. The molecule has 0 aliphatic carbocycles. The molecule has 20 heavy (non-hydrogen) atoms. The van der Waals surface area contributed by atoms with Crippen LogP contribution in [0.4, 0.5) is 0 Å². The molecule has 0 radical (unpaired) electrons. The number of rotatable bonds is 5. The van der Waals surface area contributed by atoms with Crippen LogP contribution in [0.25, 0.3) is 0 Å². The molecule has 0 bridgehead atoms. The summed E-state index contributed by atoms with van der Waals surface area (Å²) in [5.41, 5.74) is 0. The van der Waals surface area contributed by atoms with E-state index in [4.69, 9.17) is 0 Å². The van der Waals surface area contributed by atoms with Gasteiger partial charge in [-0.15, -0.1) is 11.3 Å². The largest absolute Gasteiger partial charge is 0.310 e. The van der Waals surface area contributed by atoms with E-state index >= 15 is 0 Å². The van der Waals surface area contributed by atoms with Crippen LogP contribution in [0.5, 0.6) is 0 Å². The summed E-state index contributed by atoms with van der Waals surface area (Å²) in [6, 6.07) is 5.83. The average Bonchev–Trinajstić information content (AvgIpc) is 3.00. The van der Waals surface area contributed by atoms with Gasteiger partial charge in [-0.05, 0) is 37.8 Å². The van der Waals surface area contributed by atoms with Crippen LogP contribution in [0.2, 0.25) is 0 Å². The van der Waals surface area contributed by atoms with E-state index in [0.717, 1.165) is 19.1 Å². The van der Waals surface area contributed by atoms with E-state index in [2.05, 4.69) is 39.6 Å². The van der Waals surface area contributed by atoms with Gasteiger partial charge in [-0.1, -0.05) is 12.5 Å². The SMILES string of the molecule is CC(CNCc1cccs1)N1CCN2CCCCC2C1. The highest BCUT2D eigenvalue weighted by Crippen LogP contribution is 2.22. The standard InChI is InChI=1S/C16H27N3S/c1-14(11-17-12-16-6-4-10-20-16)19-9-8-18-7-3-2-5-15(18)13-19/h4,6,10,14-15,17H,2-3,5,7-9,11-13H2,1H3. The molecule has 2 aliphatic rings. The third kappa shape index (κ3) is 3.61. The quantitative estimate of drug-likeness (QED) is 0.899. The lowest BCUT2D eigenvalue weighted by Crippen LogP contribution is -2.57. The number of hydrogen-bond donors (Lipinski definition) is 1. The first kappa shape index (κ1) is 14.5. The van der Waals surface area contributed by atoms with E-state index in [1.165, 1.54) is 50.3 Å². The van der Waals surface area contributed by atoms with Crippen molar-refractivity contribution in [3.63, 3.8) is 0 Å². The van der Waals surface area contributed by atoms with Crippen molar-refractivity contribution in [1.82, 2.24) is 15.1 Å². The normalized spacial score (nSPS) is 26.4. The summed E-state index contributed by atoms with van der Waals surface area (Å²) in [7, 11) is 0. The Morgan fingerprint density at radius 1 is 1.35 bits per heavy atom. The first-order valence-electron chi connectivity index (χ1n) is 8.04. The fourth-order valence-corrected chi connectivity index (χ4v) is 4.20. The minimum absolute atomic E-state index is 0.652. The van der Waals surface area contributed by atoms with E-state index in [9.17, 15) is 0 Å². The number of hydrogen-bond acceptors (Lipinski definition) is 4. The zero-order valence-corrected chi connectivity index (χ0v) is 13.4. The second-order valence-corrected chi connectivity index (χ2v) is 7.27. The van der Waals surface area contributed by atoms with E-state index in [0.29, 0.717) is 6.04 Å². The van der Waals surface area contributed by atoms with Gasteiger partial charge in [0, 0.05) is 49.7 Å². The van der Waals surface area contributed by atoms with Gasteiger partial charge in [-0.25, -0.2) is 0 Å². The van der Waals surface area contributed by atoms with Crippen molar-refractivity contribution < 1.29 is 0 Å². The van der Waals surface area contributed by atoms with Crippen molar-refractivity contribution in [2.24, 2.45) is 0 Å². The minimum atomic E-state index is 0.652. The van der Waals surface area contributed by atoms with Gasteiger partial charge in [0.15, 0.2) is 0 Å². The van der Waals surface area contributed by atoms with E-state index in [-0.39, 0.29) is 0 Å². The lowest BCUT2D eigenvalue weighted by molar-refractivity contribution is 0.0311. The van der Waals surface area contributed by atoms with Crippen LogP contribution in [0.15, 0.2) is 17.5 Å². The Morgan fingerprint density at radius 3 is 3.15 bits per heavy atom. The van der Waals surface area contributed by atoms with Crippen LogP contribution >= 0.6 is 11.3 Å². The molecule has 2 unspecified atom stereocenters. The smallest absolute Gasteiger partial charge is 0.0300 e. The Bertz CT molecular complexity index is 392. The predicted molar refractivity (Wildman–Crippen MR) is 86.3 cm³/mol. The Balaban J connectivity index is 1.42. The molecule has 0 amide bonds. The van der Waals surface area contributed by atoms with Crippen molar-refractivity contribution in [2.45, 2.75) is 44.8 Å². The molecule has 3 heterocycles. The fraction of sp³-hybridized carbons (Fsp3) is 0.750. The Hall–Kier alpha value is -0.420. The molecular weight excluding hydrogens is 266 g/mol. The molecule has 1 N–H and O–H groups in total. The number of piperidine rings is 1. The van der Waals surface area contributed by atoms with Gasteiger partial charge in [0.1, 0.15) is 0 Å². The summed E-state index contributed by atoms with van der Waals surface area (Å²) in [5.74, 6) is 0. The Morgan fingerprint density at radius 2 is 2.30 bits per heavy atom. The van der Waals surface area contributed by atoms with Crippen molar-refractivity contribution in [3.8, 4) is 0 Å². The minimum Gasteiger partial charge on any atom is -0.310 e. The molecule has 1 aromatic heterocycles. The van der Waals surface area contributed by atoms with E-state index in [1.807, 2.05) is 11.3 Å². The molecule has 3 nitrogen and oxygen atoms in total. The van der Waals surface area contributed by atoms with Gasteiger partial charge in [-0.2, -0.15) is 0 Å². The van der Waals surface area contributed by atoms with E-state index in [1.54, 1.807) is 0 Å². The number of nitrogens with one attached hydrogen (secondary N) is 1. The second kappa shape index (κ2) is 7.03. The maximum Gasteiger partial charge on any atom is 0.0300 e. The maximum atomic E-state index is 3.61. The Kier molecular flexibility index (Phi) is 5.10. The fourth-order valence-electron chi connectivity index (χ4n) is 3.53. The van der Waals surface area contributed by atoms with Crippen molar-refractivity contribution in [3.05, 3.63) is 22.4 Å². The second-order valence-electron chi connectivity index (χ2n) is 6.24. The molecule has 0 spiro atoms. The van der Waals surface area contributed by atoms with Crippen LogP contribution in [0.1, 0.15) is 31.1 Å². The third-order valence-corrected chi connectivity index (χ3v) is 5.69. The molecule has 0 saturated carbocycles. The van der Waals surface area contributed by atoms with Gasteiger partial charge in [-0.3, -0.25) is 9.80 Å². The van der Waals surface area contributed by atoms with Gasteiger partial charge >= 0.3 is 0 Å². The molecule has 2 fully saturated rings. The molecule has 2 saturated heterocycles. The maximum absolute atomic E-state index is 3.61. The van der Waals surface area contributed by atoms with Crippen molar-refractivity contribution >= 4 is 11.3 Å². The number of fused-ring (bicyclic) bond motifs is 1. The number of nitrogens with zero attached hydrogens (tertiary/aromatic N) is 2. The Labute approximate surface area is 127 Å². The van der Waals surface area contributed by atoms with Crippen LogP contribution < -0.4 is 5.32 Å². The highest BCUT2D eigenvalue weighted by Gasteiger charge is 2.30. The number of piperazine rings is 1. The third-order valence-electron chi connectivity index (χ3n) is 4.81. The summed E-state index contributed by atoms with van der Waals surface area (Å²) in [6.45, 7) is 9.64. The molecule has 0 aromatic carbocycles. The monoisotopic (exact) mass is 293 g/mol. The predicted octanol–water partition coefficient (Wildman–Crippen LogP) is 2.40. The van der Waals surface area contributed by atoms with Gasteiger partial charge < -0.3 is 5.32 Å². The lowest BCUT2D eigenvalue weighted by atomic mass is 9.99. The van der Waals surface area contributed by atoms with Crippen LogP contribution in [0.3, 0.4) is 0 Å². The first-order chi connectivity index (χ1) is 9.83.